The van der Waals surface area contributed by atoms with Crippen molar-refractivity contribution < 1.29 is 4.79 Å². The first kappa shape index (κ1) is 18.5. The van der Waals surface area contributed by atoms with E-state index in [0.717, 1.165) is 48.7 Å². The van der Waals surface area contributed by atoms with Crippen LogP contribution in [0.2, 0.25) is 0 Å². The minimum atomic E-state index is -0.0250. The van der Waals surface area contributed by atoms with E-state index in [-0.39, 0.29) is 5.91 Å². The Labute approximate surface area is 148 Å². The van der Waals surface area contributed by atoms with Crippen LogP contribution in [0.5, 0.6) is 0 Å². The van der Waals surface area contributed by atoms with Gasteiger partial charge in [0.05, 0.1) is 5.69 Å². The maximum atomic E-state index is 12.4. The molecule has 0 aliphatic heterocycles. The van der Waals surface area contributed by atoms with Gasteiger partial charge in [-0.25, -0.2) is 4.98 Å². The van der Waals surface area contributed by atoms with Crippen molar-refractivity contribution in [1.82, 2.24) is 20.2 Å². The molecule has 0 aromatic carbocycles. The zero-order valence-electron chi connectivity index (χ0n) is 14.7. The zero-order chi connectivity index (χ0) is 17.4. The molecule has 24 heavy (non-hydrogen) atoms. The number of carbonyl (C=O) groups is 1. The van der Waals surface area contributed by atoms with Crippen molar-refractivity contribution in [3.8, 4) is 10.6 Å². The van der Waals surface area contributed by atoms with Crippen molar-refractivity contribution in [2.75, 3.05) is 26.2 Å². The molecule has 2 rings (SSSR count). The van der Waals surface area contributed by atoms with E-state index in [2.05, 4.69) is 34.0 Å². The van der Waals surface area contributed by atoms with Gasteiger partial charge < -0.3 is 10.2 Å². The topological polar surface area (TPSA) is 58.1 Å². The predicted molar refractivity (Wildman–Crippen MR) is 99.4 cm³/mol. The summed E-state index contributed by atoms with van der Waals surface area (Å²) in [6.45, 7) is 10.2. The lowest BCUT2D eigenvalue weighted by atomic mass is 10.2. The fraction of sp³-hybridized carbons (Fsp3) is 0.500. The van der Waals surface area contributed by atoms with Gasteiger partial charge in [-0.2, -0.15) is 0 Å². The number of thiazole rings is 1. The summed E-state index contributed by atoms with van der Waals surface area (Å²) in [5.74, 6) is -0.0250. The number of aryl methyl sites for hydroxylation is 1. The standard InChI is InChI=1S/C18H26N4OS/c1-4-22(5-2)12-7-6-11-20-17(23)16-14(3)21-18(24-16)15-9-8-10-19-13-15/h8-10,13H,4-7,11-12H2,1-3H3,(H,20,23). The third kappa shape index (κ3) is 5.11. The van der Waals surface area contributed by atoms with Gasteiger partial charge in [-0.15, -0.1) is 11.3 Å². The number of unbranched alkanes of at least 4 members (excludes halogenated alkanes) is 1. The van der Waals surface area contributed by atoms with Crippen LogP contribution in [0.25, 0.3) is 10.6 Å². The number of nitrogens with one attached hydrogen (secondary N) is 1. The number of hydrogen-bond donors (Lipinski definition) is 1. The van der Waals surface area contributed by atoms with Crippen LogP contribution in [0.15, 0.2) is 24.5 Å². The van der Waals surface area contributed by atoms with E-state index in [1.165, 1.54) is 11.3 Å². The first-order valence-corrected chi connectivity index (χ1v) is 9.35. The fourth-order valence-electron chi connectivity index (χ4n) is 2.50. The molecule has 1 N–H and O–H groups in total. The molecule has 0 atom stereocenters. The van der Waals surface area contributed by atoms with Gasteiger partial charge in [0, 0.05) is 24.5 Å². The molecule has 2 aromatic heterocycles. The van der Waals surface area contributed by atoms with Crippen LogP contribution in [0, 0.1) is 6.92 Å². The maximum absolute atomic E-state index is 12.4. The summed E-state index contributed by atoms with van der Waals surface area (Å²) in [4.78, 5) is 24.1. The summed E-state index contributed by atoms with van der Waals surface area (Å²) < 4.78 is 0. The Morgan fingerprint density at radius 3 is 2.75 bits per heavy atom. The molecule has 0 saturated heterocycles. The Morgan fingerprint density at radius 1 is 1.29 bits per heavy atom. The highest BCUT2D eigenvalue weighted by Crippen LogP contribution is 2.27. The summed E-state index contributed by atoms with van der Waals surface area (Å²) >= 11 is 1.43. The monoisotopic (exact) mass is 346 g/mol. The Bertz CT molecular complexity index is 638. The van der Waals surface area contributed by atoms with Gasteiger partial charge in [-0.1, -0.05) is 13.8 Å². The minimum absolute atomic E-state index is 0.0250. The number of pyridine rings is 1. The average Bonchev–Trinajstić information content (AvgIpc) is 3.00. The van der Waals surface area contributed by atoms with E-state index in [9.17, 15) is 4.79 Å². The summed E-state index contributed by atoms with van der Waals surface area (Å²) in [5.41, 5.74) is 1.73. The van der Waals surface area contributed by atoms with Gasteiger partial charge in [0.1, 0.15) is 9.88 Å². The Kier molecular flexibility index (Phi) is 7.34. The van der Waals surface area contributed by atoms with Crippen molar-refractivity contribution in [3.63, 3.8) is 0 Å². The third-order valence-corrected chi connectivity index (χ3v) is 5.20. The van der Waals surface area contributed by atoms with Gasteiger partial charge in [0.15, 0.2) is 0 Å². The zero-order valence-corrected chi connectivity index (χ0v) is 15.5. The lowest BCUT2D eigenvalue weighted by molar-refractivity contribution is 0.0956. The van der Waals surface area contributed by atoms with Crippen LogP contribution in [0.3, 0.4) is 0 Å². The van der Waals surface area contributed by atoms with E-state index in [4.69, 9.17) is 0 Å². The summed E-state index contributed by atoms with van der Waals surface area (Å²) in [5, 5.41) is 3.85. The number of rotatable bonds is 9. The quantitative estimate of drug-likeness (QED) is 0.707. The second-order valence-corrected chi connectivity index (χ2v) is 6.66. The third-order valence-electron chi connectivity index (χ3n) is 3.99. The Hall–Kier alpha value is -1.79. The molecule has 0 fully saturated rings. The first-order chi connectivity index (χ1) is 11.7. The van der Waals surface area contributed by atoms with E-state index in [0.29, 0.717) is 11.4 Å². The van der Waals surface area contributed by atoms with E-state index in [1.54, 1.807) is 12.4 Å². The van der Waals surface area contributed by atoms with Crippen molar-refractivity contribution in [3.05, 3.63) is 35.1 Å². The number of nitrogens with zero attached hydrogens (tertiary/aromatic N) is 3. The number of carbonyl (C=O) groups excluding carboxylic acids is 1. The van der Waals surface area contributed by atoms with Gasteiger partial charge in [-0.3, -0.25) is 9.78 Å². The van der Waals surface area contributed by atoms with Crippen LogP contribution in [-0.2, 0) is 0 Å². The van der Waals surface area contributed by atoms with Gasteiger partial charge in [-0.05, 0) is 51.5 Å². The summed E-state index contributed by atoms with van der Waals surface area (Å²) in [6, 6.07) is 3.84. The van der Waals surface area contributed by atoms with Crippen molar-refractivity contribution in [2.45, 2.75) is 33.6 Å². The molecular weight excluding hydrogens is 320 g/mol. The lowest BCUT2D eigenvalue weighted by Gasteiger charge is -2.17. The molecule has 0 saturated carbocycles. The molecule has 2 heterocycles. The van der Waals surface area contributed by atoms with Crippen LogP contribution in [0.1, 0.15) is 42.1 Å². The molecular formula is C18H26N4OS. The van der Waals surface area contributed by atoms with E-state index >= 15 is 0 Å². The molecule has 0 aliphatic rings. The Balaban J connectivity index is 1.84. The maximum Gasteiger partial charge on any atom is 0.263 e. The van der Waals surface area contributed by atoms with Crippen molar-refractivity contribution in [1.29, 1.82) is 0 Å². The molecule has 1 amide bonds. The Morgan fingerprint density at radius 2 is 2.08 bits per heavy atom. The first-order valence-electron chi connectivity index (χ1n) is 8.54. The van der Waals surface area contributed by atoms with Crippen LogP contribution < -0.4 is 5.32 Å². The molecule has 5 nitrogen and oxygen atoms in total. The lowest BCUT2D eigenvalue weighted by Crippen LogP contribution is -2.27. The highest BCUT2D eigenvalue weighted by atomic mass is 32.1. The van der Waals surface area contributed by atoms with E-state index < -0.39 is 0 Å². The minimum Gasteiger partial charge on any atom is -0.351 e. The second-order valence-electron chi connectivity index (χ2n) is 5.67. The molecule has 6 heteroatoms. The van der Waals surface area contributed by atoms with Crippen LogP contribution in [-0.4, -0.2) is 47.0 Å². The number of hydrogen-bond acceptors (Lipinski definition) is 5. The molecule has 0 bridgehead atoms. The van der Waals surface area contributed by atoms with Gasteiger partial charge in [0.25, 0.3) is 5.91 Å². The normalized spacial score (nSPS) is 11.0. The molecule has 130 valence electrons. The number of aromatic nitrogens is 2. The molecule has 0 radical (unpaired) electrons. The van der Waals surface area contributed by atoms with Crippen LogP contribution in [0.4, 0.5) is 0 Å². The van der Waals surface area contributed by atoms with Crippen molar-refractivity contribution in [2.24, 2.45) is 0 Å². The highest BCUT2D eigenvalue weighted by molar-refractivity contribution is 7.17. The largest absolute Gasteiger partial charge is 0.351 e. The second kappa shape index (κ2) is 9.49. The SMILES string of the molecule is CCN(CC)CCCCNC(=O)c1sc(-c2cccnc2)nc1C. The highest BCUT2D eigenvalue weighted by Gasteiger charge is 2.15. The van der Waals surface area contributed by atoms with Crippen molar-refractivity contribution >= 4 is 17.2 Å². The van der Waals surface area contributed by atoms with Crippen LogP contribution >= 0.6 is 11.3 Å². The van der Waals surface area contributed by atoms with Gasteiger partial charge >= 0.3 is 0 Å². The fourth-order valence-corrected chi connectivity index (χ4v) is 3.48. The summed E-state index contributed by atoms with van der Waals surface area (Å²) in [6.07, 6.45) is 5.60. The predicted octanol–water partition coefficient (Wildman–Crippen LogP) is 3.37. The molecule has 0 spiro atoms. The molecule has 2 aromatic rings. The molecule has 0 unspecified atom stereocenters. The average molecular weight is 347 g/mol. The number of amides is 1. The summed E-state index contributed by atoms with van der Waals surface area (Å²) in [7, 11) is 0. The van der Waals surface area contributed by atoms with Gasteiger partial charge in [0.2, 0.25) is 0 Å². The van der Waals surface area contributed by atoms with E-state index in [1.807, 2.05) is 19.1 Å². The molecule has 0 aliphatic carbocycles. The smallest absolute Gasteiger partial charge is 0.263 e.